The molecule has 0 saturated carbocycles. The van der Waals surface area contributed by atoms with E-state index in [9.17, 15) is 9.59 Å². The average molecular weight is 402 g/mol. The van der Waals surface area contributed by atoms with Gasteiger partial charge in [-0.3, -0.25) is 9.59 Å². The molecular weight excluding hydrogens is 376 g/mol. The van der Waals surface area contributed by atoms with Gasteiger partial charge in [0.2, 0.25) is 0 Å². The highest BCUT2D eigenvalue weighted by Gasteiger charge is 2.10. The summed E-state index contributed by atoms with van der Waals surface area (Å²) >= 11 is 0. The number of carbonyl (C=O) groups is 2. The number of benzene rings is 3. The number of hydrogen-bond donors (Lipinski definition) is 2. The van der Waals surface area contributed by atoms with E-state index in [1.165, 1.54) is 0 Å². The highest BCUT2D eigenvalue weighted by Crippen LogP contribution is 2.18. The highest BCUT2D eigenvalue weighted by atomic mass is 16.5. The van der Waals surface area contributed by atoms with E-state index < -0.39 is 0 Å². The van der Waals surface area contributed by atoms with Gasteiger partial charge in [0.15, 0.2) is 0 Å². The Bertz CT molecular complexity index is 1010. The van der Waals surface area contributed by atoms with Crippen molar-refractivity contribution in [3.05, 3.63) is 89.5 Å². The Balaban J connectivity index is 1.60. The maximum Gasteiger partial charge on any atom is 0.255 e. The molecule has 154 valence electrons. The van der Waals surface area contributed by atoms with Crippen LogP contribution in [0.1, 0.15) is 46.0 Å². The van der Waals surface area contributed by atoms with Crippen molar-refractivity contribution in [3.8, 4) is 5.75 Å². The number of amides is 2. The predicted molar refractivity (Wildman–Crippen MR) is 120 cm³/mol. The van der Waals surface area contributed by atoms with Gasteiger partial charge in [-0.25, -0.2) is 0 Å². The third-order valence-corrected chi connectivity index (χ3v) is 4.65. The Morgan fingerprint density at radius 1 is 0.833 bits per heavy atom. The van der Waals surface area contributed by atoms with Gasteiger partial charge < -0.3 is 15.4 Å². The van der Waals surface area contributed by atoms with Gasteiger partial charge in [0.1, 0.15) is 5.75 Å². The fourth-order valence-corrected chi connectivity index (χ4v) is 2.93. The van der Waals surface area contributed by atoms with E-state index in [4.69, 9.17) is 4.74 Å². The zero-order valence-electron chi connectivity index (χ0n) is 17.3. The van der Waals surface area contributed by atoms with E-state index >= 15 is 0 Å². The summed E-state index contributed by atoms with van der Waals surface area (Å²) in [6, 6.07) is 21.6. The molecule has 0 heterocycles. The Labute approximate surface area is 177 Å². The van der Waals surface area contributed by atoms with E-state index in [1.54, 1.807) is 48.5 Å². The largest absolute Gasteiger partial charge is 0.494 e. The maximum atomic E-state index is 12.5. The van der Waals surface area contributed by atoms with Crippen LogP contribution in [-0.4, -0.2) is 18.4 Å². The minimum absolute atomic E-state index is 0.162. The van der Waals surface area contributed by atoms with Gasteiger partial charge in [-0.2, -0.15) is 0 Å². The van der Waals surface area contributed by atoms with Gasteiger partial charge in [-0.15, -0.1) is 0 Å². The topological polar surface area (TPSA) is 67.4 Å². The minimum atomic E-state index is -0.215. The lowest BCUT2D eigenvalue weighted by Crippen LogP contribution is -2.14. The van der Waals surface area contributed by atoms with Gasteiger partial charge in [-0.1, -0.05) is 37.6 Å². The summed E-state index contributed by atoms with van der Waals surface area (Å²) in [5.74, 6) is 0.308. The molecule has 3 aromatic carbocycles. The van der Waals surface area contributed by atoms with E-state index in [2.05, 4.69) is 17.6 Å². The molecule has 0 radical (unpaired) electrons. The molecule has 0 aromatic heterocycles. The van der Waals surface area contributed by atoms with Crippen LogP contribution in [0.4, 0.5) is 11.4 Å². The molecule has 0 fully saturated rings. The molecule has 0 saturated heterocycles. The molecule has 0 unspecified atom stereocenters. The van der Waals surface area contributed by atoms with Gasteiger partial charge in [0, 0.05) is 22.5 Å². The van der Waals surface area contributed by atoms with Crippen molar-refractivity contribution in [2.45, 2.75) is 26.7 Å². The number of unbranched alkanes of at least 4 members (excludes halogenated alkanes) is 1. The van der Waals surface area contributed by atoms with E-state index in [0.29, 0.717) is 34.9 Å². The van der Waals surface area contributed by atoms with Gasteiger partial charge in [-0.05, 0) is 67.4 Å². The summed E-state index contributed by atoms with van der Waals surface area (Å²) in [4.78, 5) is 25.0. The number of carbonyl (C=O) groups excluding carboxylic acids is 2. The molecule has 5 heteroatoms. The number of hydrogen-bond acceptors (Lipinski definition) is 3. The van der Waals surface area contributed by atoms with Crippen molar-refractivity contribution in [1.29, 1.82) is 0 Å². The van der Waals surface area contributed by atoms with E-state index in [1.807, 2.05) is 31.2 Å². The van der Waals surface area contributed by atoms with E-state index in [0.717, 1.165) is 18.4 Å². The molecule has 2 amide bonds. The Hall–Kier alpha value is -3.60. The summed E-state index contributed by atoms with van der Waals surface area (Å²) in [7, 11) is 0. The van der Waals surface area contributed by atoms with Crippen molar-refractivity contribution in [1.82, 2.24) is 0 Å². The van der Waals surface area contributed by atoms with Crippen molar-refractivity contribution < 1.29 is 14.3 Å². The van der Waals surface area contributed by atoms with Crippen LogP contribution in [0, 0.1) is 6.92 Å². The van der Waals surface area contributed by atoms with Gasteiger partial charge in [0.25, 0.3) is 11.8 Å². The Morgan fingerprint density at radius 2 is 1.50 bits per heavy atom. The predicted octanol–water partition coefficient (Wildman–Crippen LogP) is 5.68. The second kappa shape index (κ2) is 10.3. The molecule has 0 spiro atoms. The number of anilines is 2. The van der Waals surface area contributed by atoms with Crippen LogP contribution >= 0.6 is 0 Å². The second-order valence-corrected chi connectivity index (χ2v) is 7.03. The Morgan fingerprint density at radius 3 is 2.17 bits per heavy atom. The average Bonchev–Trinajstić information content (AvgIpc) is 2.76. The molecule has 0 bridgehead atoms. The molecule has 3 aromatic rings. The third-order valence-electron chi connectivity index (χ3n) is 4.65. The zero-order chi connectivity index (χ0) is 21.3. The molecule has 0 aliphatic rings. The second-order valence-electron chi connectivity index (χ2n) is 7.03. The molecule has 30 heavy (non-hydrogen) atoms. The lowest BCUT2D eigenvalue weighted by Gasteiger charge is -2.10. The maximum absolute atomic E-state index is 12.5. The van der Waals surface area contributed by atoms with Crippen molar-refractivity contribution >= 4 is 23.2 Å². The van der Waals surface area contributed by atoms with Crippen LogP contribution in [0.5, 0.6) is 5.75 Å². The first-order chi connectivity index (χ1) is 14.6. The molecule has 0 aliphatic carbocycles. The number of ether oxygens (including phenoxy) is 1. The van der Waals surface area contributed by atoms with Gasteiger partial charge >= 0.3 is 0 Å². The quantitative estimate of drug-likeness (QED) is 0.477. The van der Waals surface area contributed by atoms with E-state index in [-0.39, 0.29) is 11.8 Å². The first kappa shape index (κ1) is 21.1. The third kappa shape index (κ3) is 5.70. The zero-order valence-corrected chi connectivity index (χ0v) is 17.3. The number of rotatable bonds is 8. The van der Waals surface area contributed by atoms with Crippen LogP contribution in [0.3, 0.4) is 0 Å². The van der Waals surface area contributed by atoms with Crippen LogP contribution in [-0.2, 0) is 0 Å². The number of nitrogens with one attached hydrogen (secondary N) is 2. The summed E-state index contributed by atoms with van der Waals surface area (Å²) in [6.07, 6.45) is 2.03. The SMILES string of the molecule is CCCCOc1cccc(C(=O)Nc2ccc(NC(=O)c3ccccc3C)cc2)c1. The first-order valence-electron chi connectivity index (χ1n) is 10.1. The molecule has 2 N–H and O–H groups in total. The monoisotopic (exact) mass is 402 g/mol. The lowest BCUT2D eigenvalue weighted by molar-refractivity contribution is 0.101. The highest BCUT2D eigenvalue weighted by molar-refractivity contribution is 6.06. The van der Waals surface area contributed by atoms with Crippen molar-refractivity contribution in [2.24, 2.45) is 0 Å². The fraction of sp³-hybridized carbons (Fsp3) is 0.200. The first-order valence-corrected chi connectivity index (χ1v) is 10.1. The standard InChI is InChI=1S/C25H26N2O3/c1-3-4-16-30-22-10-7-9-19(17-22)24(28)26-20-12-14-21(15-13-20)27-25(29)23-11-6-5-8-18(23)2/h5-15,17H,3-4,16H2,1-2H3,(H,26,28)(H,27,29). The molecule has 5 nitrogen and oxygen atoms in total. The molecule has 3 rings (SSSR count). The van der Waals surface area contributed by atoms with Crippen LogP contribution < -0.4 is 15.4 Å². The minimum Gasteiger partial charge on any atom is -0.494 e. The van der Waals surface area contributed by atoms with Gasteiger partial charge in [0.05, 0.1) is 6.61 Å². The Kier molecular flexibility index (Phi) is 7.22. The smallest absolute Gasteiger partial charge is 0.255 e. The summed E-state index contributed by atoms with van der Waals surface area (Å²) in [5.41, 5.74) is 3.38. The van der Waals surface area contributed by atoms with Crippen LogP contribution in [0.25, 0.3) is 0 Å². The number of aryl methyl sites for hydroxylation is 1. The van der Waals surface area contributed by atoms with Crippen molar-refractivity contribution in [3.63, 3.8) is 0 Å². The summed E-state index contributed by atoms with van der Waals surface area (Å²) in [6.45, 7) is 4.64. The molecule has 0 aliphatic heterocycles. The van der Waals surface area contributed by atoms with Crippen LogP contribution in [0.2, 0.25) is 0 Å². The van der Waals surface area contributed by atoms with Crippen molar-refractivity contribution in [2.75, 3.05) is 17.2 Å². The fourth-order valence-electron chi connectivity index (χ4n) is 2.93. The van der Waals surface area contributed by atoms with Crippen LogP contribution in [0.15, 0.2) is 72.8 Å². The molecular formula is C25H26N2O3. The normalized spacial score (nSPS) is 10.3. The summed E-state index contributed by atoms with van der Waals surface area (Å²) < 4.78 is 5.66. The lowest BCUT2D eigenvalue weighted by atomic mass is 10.1. The molecule has 0 atom stereocenters. The summed E-state index contributed by atoms with van der Waals surface area (Å²) in [5, 5.41) is 5.74.